The molecule has 1 spiro atoms. The minimum atomic E-state index is 0. The Kier molecular flexibility index (Phi) is 8.68. The standard InChI is InChI=1S/C21H39N3O2.HI/c1-4-20(5-2,12-13-25)15-23-19(22-6-3)24-17-16-9-14-26-18(16)21(17)10-7-8-11-21;/h16-18,25H,4-15H2,1-3H3,(H2,22,23,24);1H. The summed E-state index contributed by atoms with van der Waals surface area (Å²) in [6.45, 7) is 9.39. The van der Waals surface area contributed by atoms with Crippen LogP contribution in [0.25, 0.3) is 0 Å². The molecule has 0 bridgehead atoms. The van der Waals surface area contributed by atoms with Crippen LogP contribution in [0.3, 0.4) is 0 Å². The van der Waals surface area contributed by atoms with Crippen LogP contribution < -0.4 is 10.6 Å². The highest BCUT2D eigenvalue weighted by atomic mass is 127. The summed E-state index contributed by atoms with van der Waals surface area (Å²) in [5.41, 5.74) is 0.454. The first-order valence-corrected chi connectivity index (χ1v) is 10.9. The van der Waals surface area contributed by atoms with Gasteiger partial charge in [-0.1, -0.05) is 26.7 Å². The van der Waals surface area contributed by atoms with E-state index in [1.165, 1.54) is 32.1 Å². The van der Waals surface area contributed by atoms with Gasteiger partial charge in [-0.15, -0.1) is 24.0 Å². The lowest BCUT2D eigenvalue weighted by Crippen LogP contribution is -2.69. The molecule has 2 aliphatic carbocycles. The van der Waals surface area contributed by atoms with Crippen molar-refractivity contribution >= 4 is 29.9 Å². The van der Waals surface area contributed by atoms with Crippen molar-refractivity contribution in [1.29, 1.82) is 0 Å². The van der Waals surface area contributed by atoms with Crippen molar-refractivity contribution < 1.29 is 9.84 Å². The Labute approximate surface area is 182 Å². The number of ether oxygens (including phenoxy) is 1. The first-order chi connectivity index (χ1) is 12.6. The van der Waals surface area contributed by atoms with E-state index in [4.69, 9.17) is 9.73 Å². The lowest BCUT2D eigenvalue weighted by Gasteiger charge is -2.57. The Balaban J connectivity index is 0.00000261. The Morgan fingerprint density at radius 1 is 1.22 bits per heavy atom. The number of rotatable bonds is 8. The lowest BCUT2D eigenvalue weighted by atomic mass is 9.54. The Hall–Kier alpha value is -0.0800. The van der Waals surface area contributed by atoms with Gasteiger partial charge in [0.2, 0.25) is 0 Å². The molecule has 6 heteroatoms. The fourth-order valence-corrected chi connectivity index (χ4v) is 5.76. The number of hydrogen-bond acceptors (Lipinski definition) is 3. The second-order valence-corrected chi connectivity index (χ2v) is 8.68. The molecule has 0 aromatic heterocycles. The van der Waals surface area contributed by atoms with E-state index >= 15 is 0 Å². The van der Waals surface area contributed by atoms with E-state index < -0.39 is 0 Å². The molecule has 3 N–H and O–H groups in total. The summed E-state index contributed by atoms with van der Waals surface area (Å²) < 4.78 is 6.11. The van der Waals surface area contributed by atoms with Crippen LogP contribution in [0.4, 0.5) is 0 Å². The van der Waals surface area contributed by atoms with E-state index in [2.05, 4.69) is 31.4 Å². The van der Waals surface area contributed by atoms with Gasteiger partial charge < -0.3 is 20.5 Å². The first-order valence-electron chi connectivity index (χ1n) is 10.9. The highest BCUT2D eigenvalue weighted by molar-refractivity contribution is 14.0. The SMILES string of the molecule is CCNC(=NCC(CC)(CC)CCO)NC1C2CCOC2C12CCCC2.I. The van der Waals surface area contributed by atoms with Crippen molar-refractivity contribution in [1.82, 2.24) is 10.6 Å². The summed E-state index contributed by atoms with van der Waals surface area (Å²) >= 11 is 0. The molecule has 3 fully saturated rings. The normalized spacial score (nSPS) is 29.2. The molecule has 0 aromatic rings. The number of guanidine groups is 1. The molecule has 3 unspecified atom stereocenters. The quantitative estimate of drug-likeness (QED) is 0.274. The summed E-state index contributed by atoms with van der Waals surface area (Å²) in [5, 5.41) is 16.8. The van der Waals surface area contributed by atoms with Crippen molar-refractivity contribution in [3.63, 3.8) is 0 Å². The molecule has 1 heterocycles. The topological polar surface area (TPSA) is 65.9 Å². The molecule has 3 rings (SSSR count). The third-order valence-electron chi connectivity index (χ3n) is 7.64. The number of hydrogen-bond donors (Lipinski definition) is 3. The number of aliphatic imine (C=N–C) groups is 1. The van der Waals surface area contributed by atoms with Gasteiger partial charge >= 0.3 is 0 Å². The van der Waals surface area contributed by atoms with Crippen LogP contribution in [0.5, 0.6) is 0 Å². The molecule has 1 aliphatic heterocycles. The minimum absolute atomic E-state index is 0. The zero-order valence-electron chi connectivity index (χ0n) is 17.4. The van der Waals surface area contributed by atoms with Crippen molar-refractivity contribution in [2.75, 3.05) is 26.3 Å². The summed E-state index contributed by atoms with van der Waals surface area (Å²) in [6, 6.07) is 0.505. The summed E-state index contributed by atoms with van der Waals surface area (Å²) in [4.78, 5) is 4.98. The van der Waals surface area contributed by atoms with Gasteiger partial charge in [0.25, 0.3) is 0 Å². The summed E-state index contributed by atoms with van der Waals surface area (Å²) in [7, 11) is 0. The van der Waals surface area contributed by atoms with E-state index in [0.717, 1.165) is 44.9 Å². The minimum Gasteiger partial charge on any atom is -0.396 e. The maximum atomic E-state index is 9.47. The van der Waals surface area contributed by atoms with Gasteiger partial charge in [0.05, 0.1) is 6.10 Å². The largest absolute Gasteiger partial charge is 0.396 e. The molecule has 3 atom stereocenters. The monoisotopic (exact) mass is 493 g/mol. The molecule has 0 radical (unpaired) electrons. The molecule has 27 heavy (non-hydrogen) atoms. The van der Waals surface area contributed by atoms with Gasteiger partial charge in [-0.2, -0.15) is 0 Å². The van der Waals surface area contributed by atoms with E-state index in [0.29, 0.717) is 23.5 Å². The molecule has 2 saturated carbocycles. The Morgan fingerprint density at radius 3 is 2.52 bits per heavy atom. The molecule has 5 nitrogen and oxygen atoms in total. The predicted octanol–water partition coefficient (Wildman–Crippen LogP) is 3.70. The van der Waals surface area contributed by atoms with Gasteiger partial charge in [0.15, 0.2) is 5.96 Å². The molecular weight excluding hydrogens is 453 g/mol. The van der Waals surface area contributed by atoms with Gasteiger partial charge in [-0.25, -0.2) is 0 Å². The average molecular weight is 493 g/mol. The van der Waals surface area contributed by atoms with Gasteiger partial charge in [-0.05, 0) is 50.9 Å². The van der Waals surface area contributed by atoms with Crippen LogP contribution in [-0.2, 0) is 4.74 Å². The zero-order valence-corrected chi connectivity index (χ0v) is 19.8. The van der Waals surface area contributed by atoms with E-state index in [-0.39, 0.29) is 36.0 Å². The smallest absolute Gasteiger partial charge is 0.191 e. The Bertz CT molecular complexity index is 490. The molecule has 0 aromatic carbocycles. The second-order valence-electron chi connectivity index (χ2n) is 8.68. The van der Waals surface area contributed by atoms with Crippen LogP contribution in [-0.4, -0.2) is 49.5 Å². The highest BCUT2D eigenvalue weighted by Gasteiger charge is 2.65. The van der Waals surface area contributed by atoms with Crippen molar-refractivity contribution in [3.05, 3.63) is 0 Å². The van der Waals surface area contributed by atoms with Gasteiger partial charge in [0.1, 0.15) is 0 Å². The first kappa shape index (κ1) is 23.2. The third-order valence-corrected chi connectivity index (χ3v) is 7.64. The number of nitrogens with zero attached hydrogens (tertiary/aromatic N) is 1. The molecular formula is C21H40IN3O2. The number of aliphatic hydroxyl groups is 1. The molecule has 1 saturated heterocycles. The number of aliphatic hydroxyl groups excluding tert-OH is 1. The average Bonchev–Trinajstić information content (AvgIpc) is 3.31. The summed E-state index contributed by atoms with van der Waals surface area (Å²) in [6.07, 6.45) is 9.86. The lowest BCUT2D eigenvalue weighted by molar-refractivity contribution is -0.125. The molecule has 3 aliphatic rings. The van der Waals surface area contributed by atoms with Crippen LogP contribution in [0.15, 0.2) is 4.99 Å². The number of fused-ring (bicyclic) bond motifs is 2. The van der Waals surface area contributed by atoms with E-state index in [1.54, 1.807) is 0 Å². The van der Waals surface area contributed by atoms with E-state index in [1.807, 2.05) is 0 Å². The molecule has 0 amide bonds. The van der Waals surface area contributed by atoms with Crippen molar-refractivity contribution in [2.45, 2.75) is 84.3 Å². The van der Waals surface area contributed by atoms with Gasteiger partial charge in [0, 0.05) is 43.7 Å². The zero-order chi connectivity index (χ0) is 18.6. The van der Waals surface area contributed by atoms with Crippen molar-refractivity contribution in [2.24, 2.45) is 21.7 Å². The van der Waals surface area contributed by atoms with Crippen LogP contribution in [0, 0.1) is 16.7 Å². The fourth-order valence-electron chi connectivity index (χ4n) is 5.76. The second kappa shape index (κ2) is 10.1. The fraction of sp³-hybridized carbons (Fsp3) is 0.952. The Morgan fingerprint density at radius 2 is 1.93 bits per heavy atom. The highest BCUT2D eigenvalue weighted by Crippen LogP contribution is 2.60. The maximum Gasteiger partial charge on any atom is 0.191 e. The molecule has 158 valence electrons. The van der Waals surface area contributed by atoms with E-state index in [9.17, 15) is 5.11 Å². The number of halogens is 1. The van der Waals surface area contributed by atoms with Gasteiger partial charge in [-0.3, -0.25) is 4.99 Å². The van der Waals surface area contributed by atoms with Crippen LogP contribution in [0.2, 0.25) is 0 Å². The summed E-state index contributed by atoms with van der Waals surface area (Å²) in [5.74, 6) is 1.61. The van der Waals surface area contributed by atoms with Crippen molar-refractivity contribution in [3.8, 4) is 0 Å². The van der Waals surface area contributed by atoms with Crippen LogP contribution in [0.1, 0.15) is 72.1 Å². The third kappa shape index (κ3) is 4.42. The predicted molar refractivity (Wildman–Crippen MR) is 122 cm³/mol. The number of nitrogens with one attached hydrogen (secondary N) is 2. The van der Waals surface area contributed by atoms with Crippen LogP contribution >= 0.6 is 24.0 Å². The maximum absolute atomic E-state index is 9.47.